The first-order chi connectivity index (χ1) is 4.46. The molecule has 0 bridgehead atoms. The van der Waals surface area contributed by atoms with Crippen LogP contribution in [0.3, 0.4) is 0 Å². The van der Waals surface area contributed by atoms with Gasteiger partial charge in [0.25, 0.3) is 0 Å². The number of hydrogen-bond acceptors (Lipinski definition) is 2. The molecule has 3 nitrogen and oxygen atoms in total. The van der Waals surface area contributed by atoms with E-state index < -0.39 is 0 Å². The molecule has 0 heterocycles. The second-order valence-electron chi connectivity index (χ2n) is 2.98. The van der Waals surface area contributed by atoms with Crippen LogP contribution >= 0.6 is 0 Å². The van der Waals surface area contributed by atoms with Gasteiger partial charge in [0.2, 0.25) is 0 Å². The Morgan fingerprint density at radius 2 is 1.70 bits per heavy atom. The molecule has 0 rings (SSSR count). The molecule has 10 heavy (non-hydrogen) atoms. The SMILES string of the molecule is CC(C)C(=N)N(O)C(C)C. The molecule has 0 fully saturated rings. The highest BCUT2D eigenvalue weighted by Gasteiger charge is 2.12. The van der Waals surface area contributed by atoms with Crippen LogP contribution in [0, 0.1) is 11.3 Å². The quantitative estimate of drug-likeness (QED) is 0.352. The number of nitrogens with zero attached hydrogens (tertiary/aromatic N) is 1. The van der Waals surface area contributed by atoms with Crippen molar-refractivity contribution in [3.05, 3.63) is 0 Å². The fourth-order valence-corrected chi connectivity index (χ4v) is 0.543. The van der Waals surface area contributed by atoms with Gasteiger partial charge in [-0.3, -0.25) is 10.6 Å². The Morgan fingerprint density at radius 3 is 1.80 bits per heavy atom. The third kappa shape index (κ3) is 2.35. The van der Waals surface area contributed by atoms with E-state index in [1.165, 1.54) is 0 Å². The Bertz CT molecular complexity index is 121. The highest BCUT2D eigenvalue weighted by molar-refractivity contribution is 5.79. The van der Waals surface area contributed by atoms with Crippen LogP contribution in [0.5, 0.6) is 0 Å². The van der Waals surface area contributed by atoms with Gasteiger partial charge in [-0.1, -0.05) is 13.8 Å². The Balaban J connectivity index is 3.95. The zero-order valence-corrected chi connectivity index (χ0v) is 7.05. The van der Waals surface area contributed by atoms with Crippen LogP contribution in [-0.4, -0.2) is 22.1 Å². The van der Waals surface area contributed by atoms with E-state index in [4.69, 9.17) is 5.41 Å². The van der Waals surface area contributed by atoms with E-state index in [-0.39, 0.29) is 17.8 Å². The maximum Gasteiger partial charge on any atom is 0.123 e. The molecule has 0 spiro atoms. The zero-order valence-electron chi connectivity index (χ0n) is 7.05. The molecule has 0 aromatic rings. The van der Waals surface area contributed by atoms with Gasteiger partial charge in [-0.25, -0.2) is 5.06 Å². The lowest BCUT2D eigenvalue weighted by molar-refractivity contribution is -0.0474. The standard InChI is InChI=1S/C7H16N2O/c1-5(2)7(8)9(10)6(3)4/h5-6,8,10H,1-4H3. The largest absolute Gasteiger partial charge is 0.287 e. The highest BCUT2D eigenvalue weighted by atomic mass is 16.5. The molecular weight excluding hydrogens is 128 g/mol. The van der Waals surface area contributed by atoms with Gasteiger partial charge in [0.1, 0.15) is 5.84 Å². The molecule has 0 atom stereocenters. The Labute approximate surface area is 62.1 Å². The van der Waals surface area contributed by atoms with Crippen LogP contribution in [0.25, 0.3) is 0 Å². The van der Waals surface area contributed by atoms with Crippen molar-refractivity contribution in [1.29, 1.82) is 5.41 Å². The van der Waals surface area contributed by atoms with E-state index in [1.807, 2.05) is 27.7 Å². The predicted octanol–water partition coefficient (Wildman–Crippen LogP) is 1.72. The second-order valence-corrected chi connectivity index (χ2v) is 2.98. The van der Waals surface area contributed by atoms with Crippen molar-refractivity contribution in [3.8, 4) is 0 Å². The molecular formula is C7H16N2O. The van der Waals surface area contributed by atoms with Gasteiger partial charge in [0, 0.05) is 5.92 Å². The molecule has 0 aromatic carbocycles. The number of rotatable bonds is 2. The molecule has 0 saturated heterocycles. The van der Waals surface area contributed by atoms with Gasteiger partial charge < -0.3 is 0 Å². The van der Waals surface area contributed by atoms with Gasteiger partial charge in [0.15, 0.2) is 0 Å². The number of hydrogen-bond donors (Lipinski definition) is 2. The van der Waals surface area contributed by atoms with Gasteiger partial charge in [-0.2, -0.15) is 0 Å². The summed E-state index contributed by atoms with van der Waals surface area (Å²) in [6.45, 7) is 7.45. The number of hydroxylamine groups is 2. The summed E-state index contributed by atoms with van der Waals surface area (Å²) in [6.07, 6.45) is 0. The molecule has 2 N–H and O–H groups in total. The van der Waals surface area contributed by atoms with Gasteiger partial charge in [-0.05, 0) is 13.8 Å². The molecule has 0 saturated carbocycles. The molecule has 0 unspecified atom stereocenters. The molecule has 3 heteroatoms. The summed E-state index contributed by atoms with van der Waals surface area (Å²) in [5.74, 6) is 0.363. The first kappa shape index (κ1) is 9.43. The first-order valence-electron chi connectivity index (χ1n) is 3.53. The summed E-state index contributed by atoms with van der Waals surface area (Å²) in [4.78, 5) is 0. The predicted molar refractivity (Wildman–Crippen MR) is 41.3 cm³/mol. The third-order valence-corrected chi connectivity index (χ3v) is 1.28. The van der Waals surface area contributed by atoms with E-state index in [1.54, 1.807) is 0 Å². The number of amidine groups is 1. The summed E-state index contributed by atoms with van der Waals surface area (Å²) >= 11 is 0. The summed E-state index contributed by atoms with van der Waals surface area (Å²) in [5.41, 5.74) is 0. The van der Waals surface area contributed by atoms with Crippen molar-refractivity contribution in [3.63, 3.8) is 0 Å². The molecule has 0 radical (unpaired) electrons. The van der Waals surface area contributed by atoms with E-state index >= 15 is 0 Å². The summed E-state index contributed by atoms with van der Waals surface area (Å²) in [7, 11) is 0. The van der Waals surface area contributed by atoms with Crippen LogP contribution in [0.2, 0.25) is 0 Å². The maximum absolute atomic E-state index is 9.17. The normalized spacial score (nSPS) is 10.7. The second kappa shape index (κ2) is 3.56. The summed E-state index contributed by atoms with van der Waals surface area (Å²) in [6, 6.07) is -0.00472. The molecule has 0 aromatic heterocycles. The molecule has 0 aliphatic carbocycles. The van der Waals surface area contributed by atoms with Crippen molar-refractivity contribution in [2.75, 3.05) is 0 Å². The lowest BCUT2D eigenvalue weighted by Crippen LogP contribution is -2.35. The summed E-state index contributed by atoms with van der Waals surface area (Å²) in [5, 5.41) is 17.5. The molecule has 0 amide bonds. The van der Waals surface area contributed by atoms with Crippen molar-refractivity contribution < 1.29 is 5.21 Å². The van der Waals surface area contributed by atoms with E-state index in [9.17, 15) is 5.21 Å². The molecule has 60 valence electrons. The van der Waals surface area contributed by atoms with Crippen molar-refractivity contribution in [2.24, 2.45) is 5.92 Å². The first-order valence-corrected chi connectivity index (χ1v) is 3.53. The fourth-order valence-electron chi connectivity index (χ4n) is 0.543. The Hall–Kier alpha value is -0.570. The topological polar surface area (TPSA) is 47.3 Å². The van der Waals surface area contributed by atoms with Crippen LogP contribution in [0.4, 0.5) is 0 Å². The minimum absolute atomic E-state index is 0.00472. The van der Waals surface area contributed by atoms with Crippen molar-refractivity contribution >= 4 is 5.84 Å². The monoisotopic (exact) mass is 144 g/mol. The maximum atomic E-state index is 9.17. The van der Waals surface area contributed by atoms with Crippen LogP contribution in [0.1, 0.15) is 27.7 Å². The van der Waals surface area contributed by atoms with E-state index in [2.05, 4.69) is 0 Å². The van der Waals surface area contributed by atoms with Gasteiger partial charge in [-0.15, -0.1) is 0 Å². The third-order valence-electron chi connectivity index (χ3n) is 1.28. The minimum Gasteiger partial charge on any atom is -0.287 e. The number of nitrogens with one attached hydrogen (secondary N) is 1. The zero-order chi connectivity index (χ0) is 8.31. The Kier molecular flexibility index (Phi) is 3.36. The highest BCUT2D eigenvalue weighted by Crippen LogP contribution is 2.02. The average molecular weight is 144 g/mol. The Morgan fingerprint density at radius 1 is 1.30 bits per heavy atom. The van der Waals surface area contributed by atoms with Gasteiger partial charge >= 0.3 is 0 Å². The van der Waals surface area contributed by atoms with Crippen LogP contribution in [-0.2, 0) is 0 Å². The minimum atomic E-state index is -0.00472. The van der Waals surface area contributed by atoms with Crippen molar-refractivity contribution in [1.82, 2.24) is 5.06 Å². The fraction of sp³-hybridized carbons (Fsp3) is 0.857. The average Bonchev–Trinajstić information content (AvgIpc) is 1.84. The smallest absolute Gasteiger partial charge is 0.123 e. The molecule has 0 aliphatic heterocycles. The molecule has 0 aliphatic rings. The van der Waals surface area contributed by atoms with E-state index in [0.29, 0.717) is 0 Å². The van der Waals surface area contributed by atoms with Crippen LogP contribution in [0.15, 0.2) is 0 Å². The lowest BCUT2D eigenvalue weighted by Gasteiger charge is -2.23. The van der Waals surface area contributed by atoms with Crippen molar-refractivity contribution in [2.45, 2.75) is 33.7 Å². The van der Waals surface area contributed by atoms with Crippen LogP contribution < -0.4 is 0 Å². The lowest BCUT2D eigenvalue weighted by atomic mass is 10.2. The van der Waals surface area contributed by atoms with Gasteiger partial charge in [0.05, 0.1) is 6.04 Å². The van der Waals surface area contributed by atoms with E-state index in [0.717, 1.165) is 5.06 Å². The summed E-state index contributed by atoms with van der Waals surface area (Å²) < 4.78 is 0.